The van der Waals surface area contributed by atoms with Gasteiger partial charge >= 0.3 is 0 Å². The molecule has 0 aliphatic heterocycles. The van der Waals surface area contributed by atoms with Gasteiger partial charge in [0.05, 0.1) is 27.9 Å². The van der Waals surface area contributed by atoms with Crippen molar-refractivity contribution < 1.29 is 13.9 Å². The Labute approximate surface area is 179 Å². The Morgan fingerprint density at radius 1 is 1.21 bits per heavy atom. The highest BCUT2D eigenvalue weighted by atomic mass is 35.5. The first-order valence-electron chi connectivity index (χ1n) is 9.41. The smallest absolute Gasteiger partial charge is 0.228 e. The minimum absolute atomic E-state index is 0.00273. The lowest BCUT2D eigenvalue weighted by atomic mass is 10.1. The lowest BCUT2D eigenvalue weighted by Crippen LogP contribution is -2.32. The molecule has 0 saturated heterocycles. The summed E-state index contributed by atoms with van der Waals surface area (Å²) in [5.41, 5.74) is 2.69. The number of aromatic nitrogens is 2. The molecule has 0 aliphatic rings. The molecule has 2 heterocycles. The third kappa shape index (κ3) is 4.65. The van der Waals surface area contributed by atoms with Crippen LogP contribution in [0.2, 0.25) is 10.0 Å². The van der Waals surface area contributed by atoms with Crippen LogP contribution in [0.5, 0.6) is 5.75 Å². The van der Waals surface area contributed by atoms with Crippen LogP contribution >= 0.6 is 23.2 Å². The second-order valence-corrected chi connectivity index (χ2v) is 7.26. The first-order valence-corrected chi connectivity index (χ1v) is 10.2. The van der Waals surface area contributed by atoms with Crippen LogP contribution in [0.3, 0.4) is 0 Å². The van der Waals surface area contributed by atoms with Crippen molar-refractivity contribution in [3.05, 3.63) is 52.3 Å². The van der Waals surface area contributed by atoms with Crippen LogP contribution in [0.1, 0.15) is 19.5 Å². The monoisotopic (exact) mass is 437 g/mol. The molecule has 0 radical (unpaired) electrons. The van der Waals surface area contributed by atoms with E-state index in [0.717, 1.165) is 5.56 Å². The Morgan fingerprint density at radius 3 is 2.52 bits per heavy atom. The summed E-state index contributed by atoms with van der Waals surface area (Å²) in [6.45, 7) is 4.60. The van der Waals surface area contributed by atoms with Gasteiger partial charge in [0.15, 0.2) is 5.65 Å². The molecule has 1 amide bonds. The number of pyridine rings is 1. The molecule has 29 heavy (non-hydrogen) atoms. The number of ether oxygens (including phenoxy) is 1. The van der Waals surface area contributed by atoms with Crippen molar-refractivity contribution in [2.24, 2.45) is 0 Å². The molecule has 3 rings (SSSR count). The number of hydrogen-bond donors (Lipinski definition) is 0. The Morgan fingerprint density at radius 2 is 1.90 bits per heavy atom. The maximum absolute atomic E-state index is 12.8. The molecule has 0 fully saturated rings. The minimum Gasteiger partial charge on any atom is -0.491 e. The van der Waals surface area contributed by atoms with Crippen LogP contribution in [0, 0.1) is 0 Å². The number of likely N-dealkylation sites (N-methyl/N-ethyl adjacent to an activating group) is 1. The van der Waals surface area contributed by atoms with Crippen molar-refractivity contribution in [3.8, 4) is 17.0 Å². The summed E-state index contributed by atoms with van der Waals surface area (Å²) >= 11 is 12.6. The lowest BCUT2D eigenvalue weighted by Gasteiger charge is -2.19. The fraction of sp³-hybridized carbons (Fsp3) is 0.333. The molecule has 0 bridgehead atoms. The maximum Gasteiger partial charge on any atom is 0.228 e. The standard InChI is InChI=1S/C21H22Cl2FN3O2/c1-3-26(4-2)19(28)12-18-20(14-5-7-16(8-6-14)29-10-9-24)25-21-17(23)11-15(22)13-27(18)21/h5-8,11,13H,3-4,9-10,12H2,1-2H3. The predicted octanol–water partition coefficient (Wildman–Crippen LogP) is 5.07. The number of imidazole rings is 1. The van der Waals surface area contributed by atoms with E-state index < -0.39 is 6.67 Å². The average molecular weight is 438 g/mol. The summed E-state index contributed by atoms with van der Waals surface area (Å²) in [7, 11) is 0. The van der Waals surface area contributed by atoms with Gasteiger partial charge in [-0.1, -0.05) is 23.2 Å². The number of nitrogens with zero attached hydrogens (tertiary/aromatic N) is 3. The summed E-state index contributed by atoms with van der Waals surface area (Å²) in [5, 5.41) is 0.862. The van der Waals surface area contributed by atoms with Crippen LogP contribution in [0.15, 0.2) is 36.5 Å². The van der Waals surface area contributed by atoms with E-state index >= 15 is 0 Å². The van der Waals surface area contributed by atoms with Crippen molar-refractivity contribution in [3.63, 3.8) is 0 Å². The molecule has 0 aliphatic carbocycles. The lowest BCUT2D eigenvalue weighted by molar-refractivity contribution is -0.130. The van der Waals surface area contributed by atoms with Gasteiger partial charge in [-0.15, -0.1) is 0 Å². The molecule has 0 saturated carbocycles. The molecule has 154 valence electrons. The quantitative estimate of drug-likeness (QED) is 0.494. The number of benzene rings is 1. The van der Waals surface area contributed by atoms with Crippen molar-refractivity contribution in [2.75, 3.05) is 26.4 Å². The molecule has 5 nitrogen and oxygen atoms in total. The van der Waals surface area contributed by atoms with E-state index in [4.69, 9.17) is 27.9 Å². The zero-order chi connectivity index (χ0) is 21.0. The van der Waals surface area contributed by atoms with Crippen molar-refractivity contribution in [2.45, 2.75) is 20.3 Å². The number of hydrogen-bond acceptors (Lipinski definition) is 3. The van der Waals surface area contributed by atoms with Gasteiger partial charge in [-0.2, -0.15) is 0 Å². The van der Waals surface area contributed by atoms with Crippen LogP contribution in [0.4, 0.5) is 4.39 Å². The van der Waals surface area contributed by atoms with Gasteiger partial charge < -0.3 is 14.0 Å². The third-order valence-electron chi connectivity index (χ3n) is 4.65. The van der Waals surface area contributed by atoms with E-state index in [1.165, 1.54) is 0 Å². The number of amides is 1. The largest absolute Gasteiger partial charge is 0.491 e. The van der Waals surface area contributed by atoms with Crippen LogP contribution < -0.4 is 4.74 Å². The number of rotatable bonds is 8. The normalized spacial score (nSPS) is 11.1. The first-order chi connectivity index (χ1) is 14.0. The van der Waals surface area contributed by atoms with E-state index in [2.05, 4.69) is 4.98 Å². The fourth-order valence-corrected chi connectivity index (χ4v) is 3.73. The number of fused-ring (bicyclic) bond motifs is 1. The topological polar surface area (TPSA) is 46.8 Å². The fourth-order valence-electron chi connectivity index (χ4n) is 3.22. The number of carbonyl (C=O) groups excluding carboxylic acids is 1. The van der Waals surface area contributed by atoms with Crippen molar-refractivity contribution in [1.82, 2.24) is 14.3 Å². The van der Waals surface area contributed by atoms with Crippen LogP contribution in [-0.4, -0.2) is 46.6 Å². The van der Waals surface area contributed by atoms with Gasteiger partial charge in [0.2, 0.25) is 5.91 Å². The van der Waals surface area contributed by atoms with Gasteiger partial charge in [0.25, 0.3) is 0 Å². The SMILES string of the molecule is CCN(CC)C(=O)Cc1c(-c2ccc(OCCF)cc2)nc2c(Cl)cc(Cl)cn12. The average Bonchev–Trinajstić information content (AvgIpc) is 3.06. The third-order valence-corrected chi connectivity index (χ3v) is 5.13. The first kappa shape index (κ1) is 21.4. The zero-order valence-corrected chi connectivity index (χ0v) is 17.8. The van der Waals surface area contributed by atoms with Crippen LogP contribution in [-0.2, 0) is 11.2 Å². The summed E-state index contributed by atoms with van der Waals surface area (Å²) in [6, 6.07) is 8.78. The van der Waals surface area contributed by atoms with Gasteiger partial charge in [-0.25, -0.2) is 9.37 Å². The van der Waals surface area contributed by atoms with Gasteiger partial charge in [0, 0.05) is 24.8 Å². The van der Waals surface area contributed by atoms with E-state index in [-0.39, 0.29) is 18.9 Å². The van der Waals surface area contributed by atoms with Gasteiger partial charge in [-0.3, -0.25) is 4.79 Å². The molecule has 3 aromatic rings. The minimum atomic E-state index is -0.551. The molecule has 1 aromatic carbocycles. The van der Waals surface area contributed by atoms with Crippen molar-refractivity contribution >= 4 is 34.8 Å². The predicted molar refractivity (Wildman–Crippen MR) is 114 cm³/mol. The number of halogens is 3. The molecule has 8 heteroatoms. The molecule has 0 unspecified atom stereocenters. The summed E-state index contributed by atoms with van der Waals surface area (Å²) in [6.07, 6.45) is 1.87. The van der Waals surface area contributed by atoms with E-state index in [1.54, 1.807) is 33.7 Å². The molecule has 0 spiro atoms. The summed E-state index contributed by atoms with van der Waals surface area (Å²) in [5.74, 6) is 0.564. The molecular formula is C21H22Cl2FN3O2. The van der Waals surface area contributed by atoms with Crippen molar-refractivity contribution in [1.29, 1.82) is 0 Å². The Bertz CT molecular complexity index is 1000. The summed E-state index contributed by atoms with van der Waals surface area (Å²) in [4.78, 5) is 19.3. The molecule has 0 N–H and O–H groups in total. The van der Waals surface area contributed by atoms with Crippen LogP contribution in [0.25, 0.3) is 16.9 Å². The van der Waals surface area contributed by atoms with Gasteiger partial charge in [0.1, 0.15) is 19.0 Å². The molecule has 2 aromatic heterocycles. The Kier molecular flexibility index (Phi) is 6.98. The summed E-state index contributed by atoms with van der Waals surface area (Å²) < 4.78 is 19.4. The highest BCUT2D eigenvalue weighted by Crippen LogP contribution is 2.31. The maximum atomic E-state index is 12.8. The zero-order valence-electron chi connectivity index (χ0n) is 16.3. The highest BCUT2D eigenvalue weighted by molar-refractivity contribution is 6.36. The molecule has 0 atom stereocenters. The second kappa shape index (κ2) is 9.46. The highest BCUT2D eigenvalue weighted by Gasteiger charge is 2.21. The van der Waals surface area contributed by atoms with E-state index in [1.807, 2.05) is 26.0 Å². The Hall–Kier alpha value is -2.31. The number of carbonyl (C=O) groups is 1. The molecular weight excluding hydrogens is 416 g/mol. The van der Waals surface area contributed by atoms with E-state index in [9.17, 15) is 9.18 Å². The second-order valence-electron chi connectivity index (χ2n) is 6.41. The van der Waals surface area contributed by atoms with E-state index in [0.29, 0.717) is 45.9 Å². The van der Waals surface area contributed by atoms with Gasteiger partial charge in [-0.05, 0) is 44.2 Å². The number of alkyl halides is 1. The Balaban J connectivity index is 2.08.